The highest BCUT2D eigenvalue weighted by Gasteiger charge is 2.38. The van der Waals surface area contributed by atoms with Gasteiger partial charge in [-0.25, -0.2) is 8.78 Å². The molecule has 1 N–H and O–H groups in total. The van der Waals surface area contributed by atoms with Crippen molar-refractivity contribution in [1.29, 1.82) is 0 Å². The largest absolute Gasteiger partial charge is 0.305 e. The summed E-state index contributed by atoms with van der Waals surface area (Å²) >= 11 is 0. The third kappa shape index (κ3) is 2.36. The summed E-state index contributed by atoms with van der Waals surface area (Å²) in [6.07, 6.45) is 0.430. The molecule has 0 amide bonds. The van der Waals surface area contributed by atoms with E-state index >= 15 is 0 Å². The first kappa shape index (κ1) is 13.4. The normalized spacial score (nSPS) is 29.6. The van der Waals surface area contributed by atoms with Gasteiger partial charge < -0.3 is 5.32 Å². The lowest BCUT2D eigenvalue weighted by Gasteiger charge is -2.38. The predicted octanol–water partition coefficient (Wildman–Crippen LogP) is 3.18. The van der Waals surface area contributed by atoms with Crippen molar-refractivity contribution in [3.05, 3.63) is 35.6 Å². The van der Waals surface area contributed by atoms with Crippen molar-refractivity contribution in [2.75, 3.05) is 6.54 Å². The Kier molecular flexibility index (Phi) is 4.28. The molecule has 2 rings (SSSR count). The molecule has 1 aliphatic rings. The van der Waals surface area contributed by atoms with Gasteiger partial charge in [-0.2, -0.15) is 0 Å². The van der Waals surface area contributed by atoms with Gasteiger partial charge in [0, 0.05) is 0 Å². The maximum Gasteiger partial charge on any atom is 0.123 e. The van der Waals surface area contributed by atoms with E-state index in [0.717, 1.165) is 13.0 Å². The fraction of sp³-hybridized carbons (Fsp3) is 0.500. The maximum atomic E-state index is 13.9. The molecule has 4 heteroatoms. The molecule has 1 heterocycles. The number of benzene rings is 1. The van der Waals surface area contributed by atoms with Crippen LogP contribution in [0.15, 0.2) is 24.3 Å². The number of halogens is 3. The Morgan fingerprint density at radius 3 is 2.81 bits per heavy atom. The smallest absolute Gasteiger partial charge is 0.123 e. The van der Waals surface area contributed by atoms with Crippen LogP contribution in [0.4, 0.5) is 8.78 Å². The van der Waals surface area contributed by atoms with Crippen molar-refractivity contribution in [2.45, 2.75) is 31.5 Å². The highest BCUT2D eigenvalue weighted by atomic mass is 35.5. The van der Waals surface area contributed by atoms with E-state index in [-0.39, 0.29) is 18.2 Å². The number of alkyl halides is 1. The second kappa shape index (κ2) is 5.11. The van der Waals surface area contributed by atoms with Gasteiger partial charge in [-0.3, -0.25) is 0 Å². The van der Waals surface area contributed by atoms with E-state index in [2.05, 4.69) is 5.32 Å². The van der Waals surface area contributed by atoms with Gasteiger partial charge in [0.25, 0.3) is 0 Å². The van der Waals surface area contributed by atoms with E-state index in [1.54, 1.807) is 19.1 Å². The summed E-state index contributed by atoms with van der Waals surface area (Å²) in [7, 11) is 0. The number of rotatable bonds is 1. The minimum Gasteiger partial charge on any atom is -0.305 e. The van der Waals surface area contributed by atoms with Gasteiger partial charge in [-0.05, 0) is 44.0 Å². The Bertz CT molecular complexity index is 359. The molecular formula is C12H16ClF2N. The molecule has 0 radical (unpaired) electrons. The first-order valence-corrected chi connectivity index (χ1v) is 5.28. The van der Waals surface area contributed by atoms with Crippen molar-refractivity contribution >= 4 is 12.4 Å². The average molecular weight is 248 g/mol. The van der Waals surface area contributed by atoms with Crippen LogP contribution in [-0.2, 0) is 5.54 Å². The monoisotopic (exact) mass is 247 g/mol. The SMILES string of the molecule is CC1(c2cccc(F)c2)NCCCC1F.Cl. The molecule has 0 bridgehead atoms. The minimum absolute atomic E-state index is 0. The van der Waals surface area contributed by atoms with Crippen molar-refractivity contribution in [1.82, 2.24) is 5.32 Å². The Balaban J connectivity index is 0.00000128. The van der Waals surface area contributed by atoms with Gasteiger partial charge in [-0.15, -0.1) is 12.4 Å². The van der Waals surface area contributed by atoms with Crippen LogP contribution in [0.1, 0.15) is 25.3 Å². The molecule has 2 unspecified atom stereocenters. The summed E-state index contributed by atoms with van der Waals surface area (Å²) in [5.74, 6) is -0.312. The van der Waals surface area contributed by atoms with Gasteiger partial charge in [0.15, 0.2) is 0 Å². The topological polar surface area (TPSA) is 12.0 Å². The maximum absolute atomic E-state index is 13.9. The third-order valence-corrected chi connectivity index (χ3v) is 3.18. The van der Waals surface area contributed by atoms with Gasteiger partial charge in [-0.1, -0.05) is 12.1 Å². The Morgan fingerprint density at radius 1 is 1.44 bits per heavy atom. The zero-order valence-corrected chi connectivity index (χ0v) is 9.99. The average Bonchev–Trinajstić information content (AvgIpc) is 2.23. The molecule has 1 aromatic rings. The van der Waals surface area contributed by atoms with Crippen LogP contribution in [0.2, 0.25) is 0 Å². The zero-order valence-electron chi connectivity index (χ0n) is 9.17. The van der Waals surface area contributed by atoms with Gasteiger partial charge >= 0.3 is 0 Å². The molecule has 1 fully saturated rings. The van der Waals surface area contributed by atoms with Crippen LogP contribution in [0, 0.1) is 5.82 Å². The first-order valence-electron chi connectivity index (χ1n) is 5.28. The minimum atomic E-state index is -0.951. The van der Waals surface area contributed by atoms with Crippen LogP contribution in [0.5, 0.6) is 0 Å². The van der Waals surface area contributed by atoms with E-state index in [9.17, 15) is 8.78 Å². The Labute approximate surface area is 101 Å². The van der Waals surface area contributed by atoms with Crippen molar-refractivity contribution in [3.8, 4) is 0 Å². The van der Waals surface area contributed by atoms with Crippen LogP contribution >= 0.6 is 12.4 Å². The van der Waals surface area contributed by atoms with E-state index in [1.807, 2.05) is 0 Å². The number of hydrogen-bond donors (Lipinski definition) is 1. The molecule has 1 nitrogen and oxygen atoms in total. The summed E-state index contributed by atoms with van der Waals surface area (Å²) in [6, 6.07) is 6.18. The highest BCUT2D eigenvalue weighted by molar-refractivity contribution is 5.85. The number of piperidine rings is 1. The number of hydrogen-bond acceptors (Lipinski definition) is 1. The molecule has 2 atom stereocenters. The predicted molar refractivity (Wildman–Crippen MR) is 63.1 cm³/mol. The summed E-state index contributed by atoms with van der Waals surface area (Å²) < 4.78 is 26.9. The van der Waals surface area contributed by atoms with Crippen molar-refractivity contribution < 1.29 is 8.78 Å². The van der Waals surface area contributed by atoms with E-state index in [1.165, 1.54) is 12.1 Å². The van der Waals surface area contributed by atoms with Crippen LogP contribution in [0.25, 0.3) is 0 Å². The molecule has 1 aromatic carbocycles. The molecule has 16 heavy (non-hydrogen) atoms. The quantitative estimate of drug-likeness (QED) is 0.804. The van der Waals surface area contributed by atoms with E-state index < -0.39 is 11.7 Å². The first-order chi connectivity index (χ1) is 7.13. The Hall–Kier alpha value is -0.670. The molecule has 0 spiro atoms. The lowest BCUT2D eigenvalue weighted by atomic mass is 9.82. The van der Waals surface area contributed by atoms with E-state index in [4.69, 9.17) is 0 Å². The molecule has 0 aliphatic carbocycles. The van der Waals surface area contributed by atoms with Crippen molar-refractivity contribution in [3.63, 3.8) is 0 Å². The molecule has 0 aromatic heterocycles. The van der Waals surface area contributed by atoms with Gasteiger partial charge in [0.05, 0.1) is 5.54 Å². The fourth-order valence-electron chi connectivity index (χ4n) is 2.12. The highest BCUT2D eigenvalue weighted by Crippen LogP contribution is 2.32. The lowest BCUT2D eigenvalue weighted by Crippen LogP contribution is -2.51. The van der Waals surface area contributed by atoms with Crippen molar-refractivity contribution in [2.24, 2.45) is 0 Å². The molecule has 0 saturated carbocycles. The Morgan fingerprint density at radius 2 is 2.19 bits per heavy atom. The van der Waals surface area contributed by atoms with E-state index in [0.29, 0.717) is 12.0 Å². The molecule has 90 valence electrons. The zero-order chi connectivity index (χ0) is 10.9. The summed E-state index contributed by atoms with van der Waals surface area (Å²) in [4.78, 5) is 0. The van der Waals surface area contributed by atoms with Gasteiger partial charge in [0.2, 0.25) is 0 Å². The molecular weight excluding hydrogens is 232 g/mol. The second-order valence-corrected chi connectivity index (χ2v) is 4.25. The summed E-state index contributed by atoms with van der Waals surface area (Å²) in [6.45, 7) is 2.58. The summed E-state index contributed by atoms with van der Waals surface area (Å²) in [5.41, 5.74) is -0.0462. The van der Waals surface area contributed by atoms with Crippen LogP contribution in [0.3, 0.4) is 0 Å². The molecule has 1 aliphatic heterocycles. The summed E-state index contributed by atoms with van der Waals surface area (Å²) in [5, 5.41) is 3.15. The number of nitrogens with one attached hydrogen (secondary N) is 1. The van der Waals surface area contributed by atoms with Crippen LogP contribution < -0.4 is 5.32 Å². The van der Waals surface area contributed by atoms with Gasteiger partial charge in [0.1, 0.15) is 12.0 Å². The fourth-order valence-corrected chi connectivity index (χ4v) is 2.12. The van der Waals surface area contributed by atoms with Crippen LogP contribution in [-0.4, -0.2) is 12.7 Å². The third-order valence-electron chi connectivity index (χ3n) is 3.18. The lowest BCUT2D eigenvalue weighted by molar-refractivity contribution is 0.121. The standard InChI is InChI=1S/C12H15F2N.ClH/c1-12(11(14)6-3-7-15-12)9-4-2-5-10(13)8-9;/h2,4-5,8,11,15H,3,6-7H2,1H3;1H. The molecule has 1 saturated heterocycles. The second-order valence-electron chi connectivity index (χ2n) is 4.25.